The third kappa shape index (κ3) is 1.95. The molecule has 15 heavy (non-hydrogen) atoms. The van der Waals surface area contributed by atoms with E-state index >= 15 is 0 Å². The van der Waals surface area contributed by atoms with Crippen molar-refractivity contribution in [3.63, 3.8) is 0 Å². The number of benzene rings is 1. The van der Waals surface area contributed by atoms with Crippen LogP contribution >= 0.6 is 15.9 Å². The van der Waals surface area contributed by atoms with Crippen molar-refractivity contribution in [3.8, 4) is 11.3 Å². The molecule has 0 fully saturated rings. The molecule has 4 heteroatoms. The molecule has 1 aromatic carbocycles. The lowest BCUT2D eigenvalue weighted by molar-refractivity contribution is 0.398. The van der Waals surface area contributed by atoms with Crippen LogP contribution in [0.25, 0.3) is 11.3 Å². The molecule has 0 saturated heterocycles. The summed E-state index contributed by atoms with van der Waals surface area (Å²) < 4.78 is 17.8. The molecular weight excluding hydrogens is 261 g/mol. The summed E-state index contributed by atoms with van der Waals surface area (Å²) in [5, 5.41) is 4.63. The minimum Gasteiger partial charge on any atom is -0.361 e. The summed E-state index contributed by atoms with van der Waals surface area (Å²) in [5.74, 6) is 0.533. The molecule has 0 radical (unpaired) electrons. The van der Waals surface area contributed by atoms with Gasteiger partial charge in [0.05, 0.1) is 0 Å². The number of aromatic nitrogens is 1. The van der Waals surface area contributed by atoms with Gasteiger partial charge in [-0.1, -0.05) is 21.1 Å². The molecule has 0 amide bonds. The van der Waals surface area contributed by atoms with Gasteiger partial charge in [0.1, 0.15) is 17.3 Å². The van der Waals surface area contributed by atoms with Crippen molar-refractivity contribution in [3.05, 3.63) is 41.4 Å². The number of nitrogens with zero attached hydrogens (tertiary/aromatic N) is 1. The van der Waals surface area contributed by atoms with Crippen LogP contribution in [0.5, 0.6) is 0 Å². The summed E-state index contributed by atoms with van der Waals surface area (Å²) in [6, 6.07) is 6.21. The van der Waals surface area contributed by atoms with Crippen molar-refractivity contribution in [2.45, 2.75) is 12.3 Å². The Bertz CT molecular complexity index is 464. The number of hydrogen-bond acceptors (Lipinski definition) is 2. The van der Waals surface area contributed by atoms with Crippen LogP contribution in [0.4, 0.5) is 4.39 Å². The largest absolute Gasteiger partial charge is 0.361 e. The molecule has 2 rings (SSSR count). The van der Waals surface area contributed by atoms with Crippen LogP contribution in [0.1, 0.15) is 11.3 Å². The molecule has 0 spiro atoms. The summed E-state index contributed by atoms with van der Waals surface area (Å²) in [6.07, 6.45) is 0. The molecule has 0 N–H and O–H groups in total. The van der Waals surface area contributed by atoms with Gasteiger partial charge in [-0.2, -0.15) is 0 Å². The predicted octanol–water partition coefficient (Wildman–Crippen LogP) is 3.68. The maximum absolute atomic E-state index is 12.7. The van der Waals surface area contributed by atoms with E-state index in [2.05, 4.69) is 21.1 Å². The van der Waals surface area contributed by atoms with Gasteiger partial charge in [-0.25, -0.2) is 4.39 Å². The highest BCUT2D eigenvalue weighted by atomic mass is 79.9. The molecule has 2 aromatic rings. The highest BCUT2D eigenvalue weighted by Gasteiger charge is 2.12. The topological polar surface area (TPSA) is 26.0 Å². The van der Waals surface area contributed by atoms with E-state index in [1.165, 1.54) is 12.1 Å². The van der Waals surface area contributed by atoms with Crippen LogP contribution < -0.4 is 0 Å². The monoisotopic (exact) mass is 269 g/mol. The van der Waals surface area contributed by atoms with Gasteiger partial charge in [-0.05, 0) is 31.2 Å². The number of hydrogen-bond donors (Lipinski definition) is 0. The van der Waals surface area contributed by atoms with Crippen LogP contribution in [-0.4, -0.2) is 5.16 Å². The average molecular weight is 270 g/mol. The second kappa shape index (κ2) is 4.14. The maximum Gasteiger partial charge on any atom is 0.138 e. The third-order valence-electron chi connectivity index (χ3n) is 2.24. The predicted molar refractivity (Wildman–Crippen MR) is 59.3 cm³/mol. The molecule has 0 atom stereocenters. The van der Waals surface area contributed by atoms with E-state index in [-0.39, 0.29) is 5.82 Å². The molecule has 0 saturated carbocycles. The van der Waals surface area contributed by atoms with Gasteiger partial charge in [-0.3, -0.25) is 0 Å². The van der Waals surface area contributed by atoms with E-state index in [0.29, 0.717) is 5.33 Å². The molecule has 0 bridgehead atoms. The highest BCUT2D eigenvalue weighted by Crippen LogP contribution is 2.26. The first-order valence-corrected chi connectivity index (χ1v) is 5.61. The summed E-state index contributed by atoms with van der Waals surface area (Å²) in [7, 11) is 0. The van der Waals surface area contributed by atoms with Gasteiger partial charge in [-0.15, -0.1) is 0 Å². The molecule has 0 aliphatic carbocycles. The van der Waals surface area contributed by atoms with Gasteiger partial charge in [0.15, 0.2) is 0 Å². The van der Waals surface area contributed by atoms with E-state index in [4.69, 9.17) is 4.52 Å². The molecule has 0 unspecified atom stereocenters. The Morgan fingerprint density at radius 3 is 2.60 bits per heavy atom. The molecule has 2 nitrogen and oxygen atoms in total. The van der Waals surface area contributed by atoms with Crippen LogP contribution in [0.2, 0.25) is 0 Å². The van der Waals surface area contributed by atoms with E-state index in [0.717, 1.165) is 22.6 Å². The number of aryl methyl sites for hydroxylation is 1. The highest BCUT2D eigenvalue weighted by molar-refractivity contribution is 9.08. The van der Waals surface area contributed by atoms with Gasteiger partial charge >= 0.3 is 0 Å². The maximum atomic E-state index is 12.7. The molecule has 0 aliphatic rings. The first-order valence-electron chi connectivity index (χ1n) is 4.49. The van der Waals surface area contributed by atoms with Crippen molar-refractivity contribution >= 4 is 15.9 Å². The normalized spacial score (nSPS) is 10.6. The quantitative estimate of drug-likeness (QED) is 0.778. The summed E-state index contributed by atoms with van der Waals surface area (Å²) in [6.45, 7) is 1.86. The molecular formula is C11H9BrFNO. The number of halogens is 2. The van der Waals surface area contributed by atoms with E-state index in [9.17, 15) is 4.39 Å². The van der Waals surface area contributed by atoms with Gasteiger partial charge in [0.25, 0.3) is 0 Å². The molecule has 0 aliphatic heterocycles. The standard InChI is InChI=1S/C11H9BrFNO/c1-7-10(6-12)11(14-15-7)8-2-4-9(13)5-3-8/h2-5H,6H2,1H3. The van der Waals surface area contributed by atoms with Crippen molar-refractivity contribution < 1.29 is 8.91 Å². The SMILES string of the molecule is Cc1onc(-c2ccc(F)cc2)c1CBr. The Labute approximate surface area is 95.2 Å². The minimum absolute atomic E-state index is 0.251. The summed E-state index contributed by atoms with van der Waals surface area (Å²) in [4.78, 5) is 0. The summed E-state index contributed by atoms with van der Waals surface area (Å²) in [5.41, 5.74) is 2.63. The fraction of sp³-hybridized carbons (Fsp3) is 0.182. The molecule has 78 valence electrons. The lowest BCUT2D eigenvalue weighted by atomic mass is 10.1. The van der Waals surface area contributed by atoms with Crippen molar-refractivity contribution in [2.24, 2.45) is 0 Å². The van der Waals surface area contributed by atoms with Crippen molar-refractivity contribution in [2.75, 3.05) is 0 Å². The fourth-order valence-electron chi connectivity index (χ4n) is 1.38. The second-order valence-corrected chi connectivity index (χ2v) is 3.77. The van der Waals surface area contributed by atoms with Crippen LogP contribution in [0.15, 0.2) is 28.8 Å². The number of alkyl halides is 1. The second-order valence-electron chi connectivity index (χ2n) is 3.21. The lowest BCUT2D eigenvalue weighted by Crippen LogP contribution is -1.85. The van der Waals surface area contributed by atoms with Gasteiger partial charge in [0.2, 0.25) is 0 Å². The van der Waals surface area contributed by atoms with E-state index < -0.39 is 0 Å². The Hall–Kier alpha value is -1.16. The van der Waals surface area contributed by atoms with Gasteiger partial charge < -0.3 is 4.52 Å². The van der Waals surface area contributed by atoms with E-state index in [1.807, 2.05) is 6.92 Å². The Morgan fingerprint density at radius 2 is 2.00 bits per heavy atom. The van der Waals surface area contributed by atoms with Crippen LogP contribution in [0.3, 0.4) is 0 Å². The first-order chi connectivity index (χ1) is 7.22. The third-order valence-corrected chi connectivity index (χ3v) is 2.80. The fourth-order valence-corrected chi connectivity index (χ4v) is 2.04. The first kappa shape index (κ1) is 10.4. The molecule has 1 heterocycles. The molecule has 1 aromatic heterocycles. The van der Waals surface area contributed by atoms with Crippen LogP contribution in [-0.2, 0) is 5.33 Å². The van der Waals surface area contributed by atoms with E-state index in [1.54, 1.807) is 12.1 Å². The minimum atomic E-state index is -0.251. The van der Waals surface area contributed by atoms with Crippen molar-refractivity contribution in [1.29, 1.82) is 0 Å². The zero-order valence-electron chi connectivity index (χ0n) is 8.13. The van der Waals surface area contributed by atoms with Gasteiger partial charge in [0, 0.05) is 16.5 Å². The summed E-state index contributed by atoms with van der Waals surface area (Å²) >= 11 is 3.38. The average Bonchev–Trinajstić information content (AvgIpc) is 2.61. The smallest absolute Gasteiger partial charge is 0.138 e. The van der Waals surface area contributed by atoms with Crippen molar-refractivity contribution in [1.82, 2.24) is 5.16 Å². The zero-order chi connectivity index (χ0) is 10.8. The lowest BCUT2D eigenvalue weighted by Gasteiger charge is -1.98. The zero-order valence-corrected chi connectivity index (χ0v) is 9.71. The Kier molecular flexibility index (Phi) is 2.86. The van der Waals surface area contributed by atoms with Crippen LogP contribution in [0, 0.1) is 12.7 Å². The Morgan fingerprint density at radius 1 is 1.33 bits per heavy atom. The Balaban J connectivity index is 2.49. The number of rotatable bonds is 2.